The van der Waals surface area contributed by atoms with Crippen LogP contribution in [0.1, 0.15) is 36.8 Å². The van der Waals surface area contributed by atoms with Crippen molar-refractivity contribution in [1.82, 2.24) is 15.6 Å². The van der Waals surface area contributed by atoms with Crippen molar-refractivity contribution < 1.29 is 9.18 Å². The van der Waals surface area contributed by atoms with Crippen molar-refractivity contribution in [3.8, 4) is 16.5 Å². The number of nitrogens with zero attached hydrogens (tertiary/aromatic N) is 2. The molecule has 2 bridgehead atoms. The van der Waals surface area contributed by atoms with E-state index in [0.29, 0.717) is 17.5 Å². The minimum atomic E-state index is -0.154. The first-order valence-corrected chi connectivity index (χ1v) is 10.5. The number of nitrogens with one attached hydrogen (secondary N) is 2. The molecular weight excluding hydrogens is 375 g/mol. The van der Waals surface area contributed by atoms with Crippen molar-refractivity contribution in [1.29, 1.82) is 5.26 Å². The molecule has 5 nitrogen and oxygen atoms in total. The van der Waals surface area contributed by atoms with Crippen molar-refractivity contribution in [2.75, 3.05) is 6.54 Å². The smallest absolute Gasteiger partial charge is 0.238 e. The van der Waals surface area contributed by atoms with E-state index >= 15 is 0 Å². The Kier molecular flexibility index (Phi) is 6.76. The number of carbonyl (C=O) groups is 1. The maximum absolute atomic E-state index is 13.3. The molecule has 0 radical (unpaired) electrons. The predicted octanol–water partition coefficient (Wildman–Crippen LogP) is 3.59. The van der Waals surface area contributed by atoms with Crippen LogP contribution in [0.25, 0.3) is 10.4 Å². The third kappa shape index (κ3) is 4.75. The van der Waals surface area contributed by atoms with Crippen molar-refractivity contribution in [3.05, 3.63) is 40.8 Å². The van der Waals surface area contributed by atoms with Gasteiger partial charge in [0.15, 0.2) is 0 Å². The summed E-state index contributed by atoms with van der Waals surface area (Å²) in [5.41, 5.74) is 1.59. The number of nitriles is 1. The fourth-order valence-electron chi connectivity index (χ4n) is 3.74. The Morgan fingerprint density at radius 3 is 2.86 bits per heavy atom. The minimum Gasteiger partial charge on any atom is -0.342 e. The van der Waals surface area contributed by atoms with E-state index < -0.39 is 0 Å². The van der Waals surface area contributed by atoms with Crippen LogP contribution in [-0.2, 0) is 11.2 Å². The van der Waals surface area contributed by atoms with Crippen LogP contribution in [0.15, 0.2) is 24.4 Å². The lowest BCUT2D eigenvalue weighted by atomic mass is 9.99. The summed E-state index contributed by atoms with van der Waals surface area (Å²) in [5.74, 6) is 0.344. The van der Waals surface area contributed by atoms with Crippen LogP contribution in [0.3, 0.4) is 0 Å². The Balaban J connectivity index is 0.000000162. The molecule has 2 heterocycles. The molecule has 1 aromatic carbocycles. The van der Waals surface area contributed by atoms with Gasteiger partial charge >= 0.3 is 0 Å². The average Bonchev–Trinajstić information content (AvgIpc) is 3.45. The highest BCUT2D eigenvalue weighted by Gasteiger charge is 2.42. The molecule has 7 heteroatoms. The van der Waals surface area contributed by atoms with Gasteiger partial charge < -0.3 is 10.6 Å². The normalized spacial score (nSPS) is 22.3. The van der Waals surface area contributed by atoms with Crippen molar-refractivity contribution >= 4 is 17.2 Å². The highest BCUT2D eigenvalue weighted by molar-refractivity contribution is 7.15. The lowest BCUT2D eigenvalue weighted by molar-refractivity contribution is -0.123. The van der Waals surface area contributed by atoms with Gasteiger partial charge in [0, 0.05) is 12.2 Å². The van der Waals surface area contributed by atoms with Crippen molar-refractivity contribution in [2.45, 2.75) is 51.6 Å². The highest BCUT2D eigenvalue weighted by Crippen LogP contribution is 2.35. The molecule has 2 unspecified atom stereocenters. The molecule has 1 aromatic heterocycles. The second-order valence-electron chi connectivity index (χ2n) is 7.23. The summed E-state index contributed by atoms with van der Waals surface area (Å²) in [7, 11) is 0. The van der Waals surface area contributed by atoms with Gasteiger partial charge in [-0.05, 0) is 55.7 Å². The summed E-state index contributed by atoms with van der Waals surface area (Å²) in [6.07, 6.45) is 6.23. The summed E-state index contributed by atoms with van der Waals surface area (Å²) in [4.78, 5) is 16.8. The van der Waals surface area contributed by atoms with E-state index in [4.69, 9.17) is 5.26 Å². The van der Waals surface area contributed by atoms with Crippen molar-refractivity contribution in [2.24, 2.45) is 5.92 Å². The van der Waals surface area contributed by atoms with Crippen LogP contribution in [0.2, 0.25) is 0 Å². The second-order valence-corrected chi connectivity index (χ2v) is 8.34. The zero-order valence-electron chi connectivity index (χ0n) is 16.2. The fraction of sp³-hybridized carbons (Fsp3) is 0.476. The van der Waals surface area contributed by atoms with Gasteiger partial charge in [0.2, 0.25) is 5.91 Å². The first-order valence-electron chi connectivity index (χ1n) is 9.63. The Hall–Kier alpha value is -2.30. The largest absolute Gasteiger partial charge is 0.342 e. The number of aromatic nitrogens is 1. The van der Waals surface area contributed by atoms with E-state index in [1.54, 1.807) is 30.4 Å². The number of hydrogen-bond donors (Lipinski definition) is 2. The number of fused-ring (bicyclic) bond motifs is 2. The van der Waals surface area contributed by atoms with E-state index in [0.717, 1.165) is 34.7 Å². The third-order valence-corrected chi connectivity index (χ3v) is 6.49. The van der Waals surface area contributed by atoms with Gasteiger partial charge in [-0.1, -0.05) is 19.1 Å². The van der Waals surface area contributed by atoms with Gasteiger partial charge in [0.05, 0.1) is 22.0 Å². The van der Waals surface area contributed by atoms with Gasteiger partial charge in [-0.3, -0.25) is 4.79 Å². The Bertz CT molecular complexity index is 876. The first-order chi connectivity index (χ1) is 13.5. The predicted molar refractivity (Wildman–Crippen MR) is 108 cm³/mol. The molecule has 0 spiro atoms. The van der Waals surface area contributed by atoms with E-state index in [1.807, 2.05) is 18.3 Å². The lowest BCUT2D eigenvalue weighted by Crippen LogP contribution is -2.47. The highest BCUT2D eigenvalue weighted by atomic mass is 32.1. The van der Waals surface area contributed by atoms with E-state index in [9.17, 15) is 9.18 Å². The number of amides is 1. The molecule has 1 saturated heterocycles. The van der Waals surface area contributed by atoms with Gasteiger partial charge in [0.1, 0.15) is 12.4 Å². The van der Waals surface area contributed by atoms with E-state index in [1.165, 1.54) is 6.42 Å². The summed E-state index contributed by atoms with van der Waals surface area (Å²) < 4.78 is 13.3. The zero-order chi connectivity index (χ0) is 20.1. The van der Waals surface area contributed by atoms with Crippen LogP contribution in [0.5, 0.6) is 0 Å². The number of piperidine rings is 1. The summed E-state index contributed by atoms with van der Waals surface area (Å²) in [6, 6.07) is 7.72. The molecule has 1 aliphatic heterocycles. The first kappa shape index (κ1) is 20.4. The van der Waals surface area contributed by atoms with Gasteiger partial charge in [-0.25, -0.2) is 9.37 Å². The van der Waals surface area contributed by atoms with Gasteiger partial charge in [0.25, 0.3) is 0 Å². The number of aryl methyl sites for hydroxylation is 2. The fourth-order valence-corrected chi connectivity index (χ4v) is 4.59. The number of benzene rings is 1. The van der Waals surface area contributed by atoms with Crippen LogP contribution in [0.4, 0.5) is 4.39 Å². The molecule has 3 atom stereocenters. The molecule has 1 amide bonds. The molecule has 2 aromatic rings. The van der Waals surface area contributed by atoms with Crippen LogP contribution in [-0.4, -0.2) is 29.5 Å². The number of carbonyl (C=O) groups excluding carboxylic acids is 1. The molecular formula is C21H25FN4OS. The topological polar surface area (TPSA) is 77.8 Å². The van der Waals surface area contributed by atoms with Crippen molar-refractivity contribution in [3.63, 3.8) is 0 Å². The molecule has 28 heavy (non-hydrogen) atoms. The number of thiazole rings is 1. The van der Waals surface area contributed by atoms with Crippen LogP contribution < -0.4 is 10.6 Å². The number of hydrogen-bond acceptors (Lipinski definition) is 5. The van der Waals surface area contributed by atoms with Crippen LogP contribution in [0, 0.1) is 30.0 Å². The summed E-state index contributed by atoms with van der Waals surface area (Å²) >= 11 is 1.62. The zero-order valence-corrected chi connectivity index (χ0v) is 17.0. The molecule has 1 saturated carbocycles. The molecule has 148 valence electrons. The number of rotatable bonds is 4. The summed E-state index contributed by atoms with van der Waals surface area (Å²) in [6.45, 7) is 3.95. The maximum atomic E-state index is 13.3. The Labute approximate surface area is 169 Å². The third-order valence-electron chi connectivity index (χ3n) is 5.30. The number of halogens is 1. The maximum Gasteiger partial charge on any atom is 0.238 e. The summed E-state index contributed by atoms with van der Waals surface area (Å²) in [5, 5.41) is 15.3. The SMILES string of the molecule is CCc1ncc(-c2ccc(C)c(F)c2)s1.N#CCNC(=O)C1N[C@@H]2CCC1C2. The molecule has 2 N–H and O–H groups in total. The second kappa shape index (κ2) is 9.26. The van der Waals surface area contributed by atoms with Gasteiger partial charge in [-0.2, -0.15) is 5.26 Å². The van der Waals surface area contributed by atoms with Crippen LogP contribution >= 0.6 is 11.3 Å². The molecule has 1 aliphatic carbocycles. The van der Waals surface area contributed by atoms with Gasteiger partial charge in [-0.15, -0.1) is 11.3 Å². The Morgan fingerprint density at radius 1 is 1.46 bits per heavy atom. The minimum absolute atomic E-state index is 0.00579. The monoisotopic (exact) mass is 400 g/mol. The molecule has 2 fully saturated rings. The molecule has 4 rings (SSSR count). The standard InChI is InChI=1S/C12H12FNS.C9H13N3O/c1-3-12-14-7-11(15-12)9-5-4-8(2)10(13)6-9;10-3-4-11-9(13)8-6-1-2-7(5-6)12-8/h4-7H,3H2,1-2H3;6-8,12H,1-2,4-5H2,(H,11,13)/t;6?,7-,8?/m.1/s1. The lowest BCUT2D eigenvalue weighted by Gasteiger charge is -2.21. The average molecular weight is 401 g/mol. The Morgan fingerprint density at radius 2 is 2.29 bits per heavy atom. The molecule has 2 aliphatic rings. The van der Waals surface area contributed by atoms with E-state index in [-0.39, 0.29) is 24.3 Å². The quantitative estimate of drug-likeness (QED) is 0.769. The van der Waals surface area contributed by atoms with E-state index in [2.05, 4.69) is 22.5 Å².